The van der Waals surface area contributed by atoms with Crippen LogP contribution in [0.4, 0.5) is 0 Å². The van der Waals surface area contributed by atoms with Crippen LogP contribution in [0.3, 0.4) is 0 Å². The van der Waals surface area contributed by atoms with Crippen molar-refractivity contribution >= 4 is 12.2 Å². The highest BCUT2D eigenvalue weighted by atomic mass is 32.1. The van der Waals surface area contributed by atoms with E-state index in [0.717, 1.165) is 11.3 Å². The molecule has 1 atom stereocenters. The van der Waals surface area contributed by atoms with Gasteiger partial charge in [-0.15, -0.1) is 0 Å². The van der Waals surface area contributed by atoms with Crippen molar-refractivity contribution in [3.05, 3.63) is 41.3 Å². The third kappa shape index (κ3) is 2.72. The van der Waals surface area contributed by atoms with Gasteiger partial charge in [-0.25, -0.2) is 0 Å². The van der Waals surface area contributed by atoms with Crippen molar-refractivity contribution in [1.29, 1.82) is 0 Å². The second kappa shape index (κ2) is 5.53. The van der Waals surface area contributed by atoms with Crippen molar-refractivity contribution in [2.45, 2.75) is 27.3 Å². The number of imidazole rings is 1. The lowest BCUT2D eigenvalue weighted by atomic mass is 9.98. The van der Waals surface area contributed by atoms with Crippen LogP contribution < -0.4 is 0 Å². The molecule has 1 aromatic carbocycles. The zero-order valence-electron chi connectivity index (χ0n) is 11.2. The molecule has 1 N–H and O–H groups in total. The molecule has 0 bridgehead atoms. The molecule has 0 saturated carbocycles. The fourth-order valence-corrected chi connectivity index (χ4v) is 2.16. The molecule has 0 aliphatic carbocycles. The van der Waals surface area contributed by atoms with E-state index in [1.165, 1.54) is 11.3 Å². The lowest BCUT2D eigenvalue weighted by molar-refractivity contribution is 0.365. The van der Waals surface area contributed by atoms with Crippen LogP contribution in [0.5, 0.6) is 0 Å². The van der Waals surface area contributed by atoms with Crippen LogP contribution in [0.2, 0.25) is 0 Å². The Labute approximate surface area is 114 Å². The van der Waals surface area contributed by atoms with E-state index >= 15 is 0 Å². The fraction of sp³-hybridized carbons (Fsp3) is 0.400. The highest BCUT2D eigenvalue weighted by Gasteiger charge is 2.12. The average Bonchev–Trinajstić information content (AvgIpc) is 2.72. The second-order valence-electron chi connectivity index (χ2n) is 5.18. The Morgan fingerprint density at radius 3 is 2.44 bits per heavy atom. The van der Waals surface area contributed by atoms with Gasteiger partial charge in [-0.05, 0) is 29.6 Å². The molecule has 1 unspecified atom stereocenters. The summed E-state index contributed by atoms with van der Waals surface area (Å²) >= 11 is 5.39. The molecule has 0 spiro atoms. The SMILES string of the molecule is CC(C)C(C)Cn1c(-c2ccccc2)c[nH]c1=S. The van der Waals surface area contributed by atoms with E-state index in [0.29, 0.717) is 11.8 Å². The molecule has 0 radical (unpaired) electrons. The number of nitrogens with one attached hydrogen (secondary N) is 1. The fourth-order valence-electron chi connectivity index (χ4n) is 1.92. The summed E-state index contributed by atoms with van der Waals surface area (Å²) in [5.41, 5.74) is 2.38. The van der Waals surface area contributed by atoms with Gasteiger partial charge in [0.25, 0.3) is 0 Å². The third-order valence-corrected chi connectivity index (χ3v) is 3.88. The number of rotatable bonds is 4. The minimum absolute atomic E-state index is 0.606. The molecule has 0 aliphatic rings. The molecule has 1 heterocycles. The van der Waals surface area contributed by atoms with E-state index < -0.39 is 0 Å². The first kappa shape index (κ1) is 13.1. The van der Waals surface area contributed by atoms with Gasteiger partial charge in [-0.1, -0.05) is 51.1 Å². The maximum Gasteiger partial charge on any atom is 0.177 e. The Balaban J connectivity index is 2.37. The smallest absolute Gasteiger partial charge is 0.177 e. The zero-order valence-corrected chi connectivity index (χ0v) is 12.0. The molecular weight excluding hydrogens is 240 g/mol. The summed E-state index contributed by atoms with van der Waals surface area (Å²) in [5, 5.41) is 0. The van der Waals surface area contributed by atoms with Crippen molar-refractivity contribution < 1.29 is 0 Å². The lowest BCUT2D eigenvalue weighted by Crippen LogP contribution is -2.13. The average molecular weight is 260 g/mol. The van der Waals surface area contributed by atoms with Crippen molar-refractivity contribution in [2.24, 2.45) is 11.8 Å². The summed E-state index contributed by atoms with van der Waals surface area (Å²) in [4.78, 5) is 3.16. The van der Waals surface area contributed by atoms with E-state index in [9.17, 15) is 0 Å². The Kier molecular flexibility index (Phi) is 4.02. The quantitative estimate of drug-likeness (QED) is 0.802. The van der Waals surface area contributed by atoms with E-state index in [1.807, 2.05) is 12.3 Å². The van der Waals surface area contributed by atoms with Gasteiger partial charge in [0.2, 0.25) is 0 Å². The zero-order chi connectivity index (χ0) is 13.1. The summed E-state index contributed by atoms with van der Waals surface area (Å²) in [6, 6.07) is 10.4. The van der Waals surface area contributed by atoms with Gasteiger partial charge in [0.15, 0.2) is 4.77 Å². The van der Waals surface area contributed by atoms with E-state index in [1.54, 1.807) is 0 Å². The normalized spacial score (nSPS) is 12.9. The molecule has 0 fully saturated rings. The van der Waals surface area contributed by atoms with Gasteiger partial charge >= 0.3 is 0 Å². The minimum atomic E-state index is 0.606. The largest absolute Gasteiger partial charge is 0.337 e. The number of nitrogens with zero attached hydrogens (tertiary/aromatic N) is 1. The Morgan fingerprint density at radius 2 is 1.83 bits per heavy atom. The Bertz CT molecular complexity index is 551. The molecule has 0 saturated heterocycles. The van der Waals surface area contributed by atoms with Crippen LogP contribution in [0, 0.1) is 16.6 Å². The molecule has 0 aliphatic heterocycles. The maximum atomic E-state index is 5.39. The van der Waals surface area contributed by atoms with Crippen molar-refractivity contribution in [1.82, 2.24) is 9.55 Å². The molecule has 0 amide bonds. The minimum Gasteiger partial charge on any atom is -0.337 e. The van der Waals surface area contributed by atoms with Gasteiger partial charge in [-0.3, -0.25) is 0 Å². The maximum absolute atomic E-state index is 5.39. The van der Waals surface area contributed by atoms with Crippen LogP contribution in [0.25, 0.3) is 11.3 Å². The molecule has 3 heteroatoms. The van der Waals surface area contributed by atoms with Crippen LogP contribution in [-0.4, -0.2) is 9.55 Å². The van der Waals surface area contributed by atoms with Crippen LogP contribution in [-0.2, 0) is 6.54 Å². The van der Waals surface area contributed by atoms with E-state index in [-0.39, 0.29) is 0 Å². The van der Waals surface area contributed by atoms with Crippen molar-refractivity contribution in [2.75, 3.05) is 0 Å². The number of benzene rings is 1. The monoisotopic (exact) mass is 260 g/mol. The van der Waals surface area contributed by atoms with Crippen molar-refractivity contribution in [3.8, 4) is 11.3 Å². The topological polar surface area (TPSA) is 20.7 Å². The highest BCUT2D eigenvalue weighted by Crippen LogP contribution is 2.22. The second-order valence-corrected chi connectivity index (χ2v) is 5.56. The van der Waals surface area contributed by atoms with E-state index in [4.69, 9.17) is 12.2 Å². The highest BCUT2D eigenvalue weighted by molar-refractivity contribution is 7.71. The summed E-state index contributed by atoms with van der Waals surface area (Å²) in [7, 11) is 0. The summed E-state index contributed by atoms with van der Waals surface area (Å²) in [6.07, 6.45) is 2.00. The number of aromatic amines is 1. The lowest BCUT2D eigenvalue weighted by Gasteiger charge is -2.18. The molecule has 18 heavy (non-hydrogen) atoms. The van der Waals surface area contributed by atoms with Gasteiger partial charge < -0.3 is 9.55 Å². The third-order valence-electron chi connectivity index (χ3n) is 3.55. The van der Waals surface area contributed by atoms with Gasteiger partial charge in [0.05, 0.1) is 5.69 Å². The molecule has 2 aromatic rings. The molecule has 96 valence electrons. The van der Waals surface area contributed by atoms with Crippen LogP contribution in [0.1, 0.15) is 20.8 Å². The first-order valence-electron chi connectivity index (χ1n) is 6.43. The van der Waals surface area contributed by atoms with Crippen molar-refractivity contribution in [3.63, 3.8) is 0 Å². The summed E-state index contributed by atoms with van der Waals surface area (Å²) < 4.78 is 3.01. The van der Waals surface area contributed by atoms with Gasteiger partial charge in [0.1, 0.15) is 0 Å². The Hall–Kier alpha value is -1.35. The number of hydrogen-bond donors (Lipinski definition) is 1. The standard InChI is InChI=1S/C15H20N2S/c1-11(2)12(3)10-17-14(9-16-15(17)18)13-7-5-4-6-8-13/h4-9,11-12H,10H2,1-3H3,(H,16,18). The number of H-pyrrole nitrogens is 1. The van der Waals surface area contributed by atoms with Gasteiger partial charge in [0, 0.05) is 12.7 Å². The van der Waals surface area contributed by atoms with E-state index in [2.05, 4.69) is 54.6 Å². The first-order valence-corrected chi connectivity index (χ1v) is 6.84. The van der Waals surface area contributed by atoms with Crippen LogP contribution >= 0.6 is 12.2 Å². The Morgan fingerprint density at radius 1 is 1.17 bits per heavy atom. The molecule has 2 nitrogen and oxygen atoms in total. The number of aromatic nitrogens is 2. The molecular formula is C15H20N2S. The van der Waals surface area contributed by atoms with Gasteiger partial charge in [-0.2, -0.15) is 0 Å². The predicted molar refractivity (Wildman–Crippen MR) is 79.1 cm³/mol. The summed E-state index contributed by atoms with van der Waals surface area (Å²) in [5.74, 6) is 1.26. The first-order chi connectivity index (χ1) is 8.59. The predicted octanol–water partition coefficient (Wildman–Crippen LogP) is 4.50. The molecule has 1 aromatic heterocycles. The van der Waals surface area contributed by atoms with Crippen LogP contribution in [0.15, 0.2) is 36.5 Å². The summed E-state index contributed by atoms with van der Waals surface area (Å²) in [6.45, 7) is 7.74. The number of hydrogen-bond acceptors (Lipinski definition) is 1. The molecule has 2 rings (SSSR count).